The Morgan fingerprint density at radius 2 is 1.78 bits per heavy atom. The maximum absolute atomic E-state index is 12.1. The quantitative estimate of drug-likeness (QED) is 0.890. The van der Waals surface area contributed by atoms with Crippen molar-refractivity contribution in [1.82, 2.24) is 15.1 Å². The average Bonchev–Trinajstić information content (AvgIpc) is 2.52. The van der Waals surface area contributed by atoms with E-state index in [2.05, 4.69) is 10.2 Å². The molecule has 1 aromatic rings. The standard InChI is InChI=1S/C13H15F3N4O3/c14-13(15,16)4-3-11(21)20-7-5-19(6-8-20)10-2-1-9(12(22)23)17-18-10/h1-2H,3-8H2,(H,22,23). The van der Waals surface area contributed by atoms with Crippen LogP contribution < -0.4 is 4.90 Å². The molecule has 0 aromatic carbocycles. The van der Waals surface area contributed by atoms with Gasteiger partial charge in [-0.1, -0.05) is 0 Å². The zero-order valence-corrected chi connectivity index (χ0v) is 12.1. The van der Waals surface area contributed by atoms with E-state index in [1.807, 2.05) is 0 Å². The highest BCUT2D eigenvalue weighted by Gasteiger charge is 2.30. The van der Waals surface area contributed by atoms with Crippen LogP contribution in [0.3, 0.4) is 0 Å². The Labute approximate surface area is 129 Å². The molecule has 2 rings (SSSR count). The molecule has 0 saturated carbocycles. The highest BCUT2D eigenvalue weighted by atomic mass is 19.4. The second-order valence-corrected chi connectivity index (χ2v) is 5.06. The van der Waals surface area contributed by atoms with Crippen LogP contribution in [0.4, 0.5) is 19.0 Å². The third-order valence-corrected chi connectivity index (χ3v) is 3.45. The first-order valence-corrected chi connectivity index (χ1v) is 6.93. The topological polar surface area (TPSA) is 86.6 Å². The summed E-state index contributed by atoms with van der Waals surface area (Å²) >= 11 is 0. The molecule has 23 heavy (non-hydrogen) atoms. The molecule has 0 radical (unpaired) electrons. The fourth-order valence-electron chi connectivity index (χ4n) is 2.20. The van der Waals surface area contributed by atoms with E-state index in [9.17, 15) is 22.8 Å². The van der Waals surface area contributed by atoms with Gasteiger partial charge in [0.05, 0.1) is 6.42 Å². The van der Waals surface area contributed by atoms with E-state index >= 15 is 0 Å². The molecule has 1 aliphatic heterocycles. The highest BCUT2D eigenvalue weighted by molar-refractivity contribution is 5.85. The average molecular weight is 332 g/mol. The number of rotatable bonds is 4. The number of nitrogens with zero attached hydrogens (tertiary/aromatic N) is 4. The Morgan fingerprint density at radius 1 is 1.13 bits per heavy atom. The molecule has 10 heteroatoms. The molecule has 1 saturated heterocycles. The van der Waals surface area contributed by atoms with Crippen molar-refractivity contribution < 1.29 is 27.9 Å². The summed E-state index contributed by atoms with van der Waals surface area (Å²) in [5, 5.41) is 16.1. The fraction of sp³-hybridized carbons (Fsp3) is 0.538. The van der Waals surface area contributed by atoms with Gasteiger partial charge in [-0.05, 0) is 12.1 Å². The number of carbonyl (C=O) groups excluding carboxylic acids is 1. The summed E-state index contributed by atoms with van der Waals surface area (Å²) in [5.41, 5.74) is -0.172. The van der Waals surface area contributed by atoms with Gasteiger partial charge in [0.15, 0.2) is 11.5 Å². The third kappa shape index (κ3) is 4.80. The molecule has 126 valence electrons. The van der Waals surface area contributed by atoms with Crippen molar-refractivity contribution in [3.8, 4) is 0 Å². The van der Waals surface area contributed by atoms with E-state index < -0.39 is 30.9 Å². The van der Waals surface area contributed by atoms with Crippen LogP contribution in [0.25, 0.3) is 0 Å². The number of carbonyl (C=O) groups is 2. The zero-order valence-electron chi connectivity index (χ0n) is 12.1. The van der Waals surface area contributed by atoms with Gasteiger partial charge < -0.3 is 14.9 Å². The Hall–Kier alpha value is -2.39. The molecular weight excluding hydrogens is 317 g/mol. The number of hydrogen-bond acceptors (Lipinski definition) is 5. The predicted octanol–water partition coefficient (Wildman–Crippen LogP) is 1.17. The number of alkyl halides is 3. The fourth-order valence-corrected chi connectivity index (χ4v) is 2.20. The maximum Gasteiger partial charge on any atom is 0.389 e. The van der Waals surface area contributed by atoms with Crippen LogP contribution in [0.1, 0.15) is 23.3 Å². The Morgan fingerprint density at radius 3 is 2.26 bits per heavy atom. The van der Waals surface area contributed by atoms with Crippen LogP contribution >= 0.6 is 0 Å². The van der Waals surface area contributed by atoms with Crippen LogP contribution in [-0.2, 0) is 4.79 Å². The molecule has 0 unspecified atom stereocenters. The lowest BCUT2D eigenvalue weighted by molar-refractivity contribution is -0.149. The largest absolute Gasteiger partial charge is 0.476 e. The zero-order chi connectivity index (χ0) is 17.0. The van der Waals surface area contributed by atoms with Crippen molar-refractivity contribution in [1.29, 1.82) is 0 Å². The van der Waals surface area contributed by atoms with Crippen molar-refractivity contribution in [3.63, 3.8) is 0 Å². The Balaban J connectivity index is 1.86. The lowest BCUT2D eigenvalue weighted by Gasteiger charge is -2.35. The summed E-state index contributed by atoms with van der Waals surface area (Å²) in [5.74, 6) is -1.23. The molecule has 1 aliphatic rings. The van der Waals surface area contributed by atoms with Gasteiger partial charge in [-0.25, -0.2) is 4.79 Å². The summed E-state index contributed by atoms with van der Waals surface area (Å²) in [4.78, 5) is 25.6. The number of aromatic carboxylic acids is 1. The summed E-state index contributed by atoms with van der Waals surface area (Å²) in [7, 11) is 0. The Bertz CT molecular complexity index is 569. The first-order chi connectivity index (χ1) is 10.8. The highest BCUT2D eigenvalue weighted by Crippen LogP contribution is 2.22. The second-order valence-electron chi connectivity index (χ2n) is 5.06. The lowest BCUT2D eigenvalue weighted by Crippen LogP contribution is -2.49. The summed E-state index contributed by atoms with van der Waals surface area (Å²) in [6, 6.07) is 2.84. The van der Waals surface area contributed by atoms with E-state index in [0.29, 0.717) is 32.0 Å². The summed E-state index contributed by atoms with van der Waals surface area (Å²) in [6.07, 6.45) is -6.00. The van der Waals surface area contributed by atoms with Crippen LogP contribution in [0, 0.1) is 0 Å². The monoisotopic (exact) mass is 332 g/mol. The first kappa shape index (κ1) is 17.0. The van der Waals surface area contributed by atoms with Crippen molar-refractivity contribution in [2.75, 3.05) is 31.1 Å². The molecule has 1 N–H and O–H groups in total. The number of aromatic nitrogens is 2. The smallest absolute Gasteiger partial charge is 0.389 e. The molecule has 0 atom stereocenters. The van der Waals surface area contributed by atoms with Crippen LogP contribution in [0.15, 0.2) is 12.1 Å². The molecule has 0 aliphatic carbocycles. The van der Waals surface area contributed by atoms with Crippen molar-refractivity contribution >= 4 is 17.7 Å². The molecule has 1 fully saturated rings. The SMILES string of the molecule is O=C(O)c1ccc(N2CCN(C(=O)CCC(F)(F)F)CC2)nn1. The number of halogens is 3. The number of amides is 1. The van der Waals surface area contributed by atoms with Crippen molar-refractivity contribution in [2.45, 2.75) is 19.0 Å². The summed E-state index contributed by atoms with van der Waals surface area (Å²) in [6.45, 7) is 1.38. The number of carboxylic acid groups (broad SMARTS) is 1. The molecule has 1 amide bonds. The van der Waals surface area contributed by atoms with Gasteiger partial charge >= 0.3 is 12.1 Å². The Kier molecular flexibility index (Phi) is 5.02. The van der Waals surface area contributed by atoms with Gasteiger partial charge in [-0.2, -0.15) is 13.2 Å². The molecule has 0 spiro atoms. The van der Waals surface area contributed by atoms with E-state index in [1.165, 1.54) is 17.0 Å². The second kappa shape index (κ2) is 6.80. The van der Waals surface area contributed by atoms with Crippen molar-refractivity contribution in [2.24, 2.45) is 0 Å². The van der Waals surface area contributed by atoms with Gasteiger partial charge in [0.1, 0.15) is 0 Å². The normalized spacial score (nSPS) is 15.6. The van der Waals surface area contributed by atoms with Gasteiger partial charge in [-0.15, -0.1) is 10.2 Å². The third-order valence-electron chi connectivity index (χ3n) is 3.45. The summed E-state index contributed by atoms with van der Waals surface area (Å²) < 4.78 is 36.4. The lowest BCUT2D eigenvalue weighted by atomic mass is 10.2. The maximum atomic E-state index is 12.1. The molecule has 1 aromatic heterocycles. The molecular formula is C13H15F3N4O3. The minimum Gasteiger partial charge on any atom is -0.476 e. The van der Waals surface area contributed by atoms with Gasteiger partial charge in [0, 0.05) is 32.6 Å². The van der Waals surface area contributed by atoms with Crippen LogP contribution in [-0.4, -0.2) is 64.4 Å². The molecule has 7 nitrogen and oxygen atoms in total. The van der Waals surface area contributed by atoms with E-state index in [-0.39, 0.29) is 5.69 Å². The van der Waals surface area contributed by atoms with E-state index in [0.717, 1.165) is 0 Å². The van der Waals surface area contributed by atoms with Gasteiger partial charge in [0.25, 0.3) is 0 Å². The van der Waals surface area contributed by atoms with Gasteiger partial charge in [-0.3, -0.25) is 4.79 Å². The van der Waals surface area contributed by atoms with Crippen LogP contribution in [0.2, 0.25) is 0 Å². The number of carboxylic acids is 1. The minimum absolute atomic E-state index is 0.172. The molecule has 2 heterocycles. The predicted molar refractivity (Wildman–Crippen MR) is 73.1 cm³/mol. The first-order valence-electron chi connectivity index (χ1n) is 6.93. The van der Waals surface area contributed by atoms with E-state index in [1.54, 1.807) is 4.90 Å². The van der Waals surface area contributed by atoms with Gasteiger partial charge in [0.2, 0.25) is 5.91 Å². The van der Waals surface area contributed by atoms with Crippen molar-refractivity contribution in [3.05, 3.63) is 17.8 Å². The number of anilines is 1. The van der Waals surface area contributed by atoms with Crippen LogP contribution in [0.5, 0.6) is 0 Å². The molecule has 0 bridgehead atoms. The van der Waals surface area contributed by atoms with E-state index in [4.69, 9.17) is 5.11 Å². The number of piperazine rings is 1. The minimum atomic E-state index is -4.33. The number of hydrogen-bond donors (Lipinski definition) is 1.